The Labute approximate surface area is 283 Å². The number of hydrogen-bond acceptors (Lipinski definition) is 3. The van der Waals surface area contributed by atoms with Crippen molar-refractivity contribution in [2.75, 3.05) is 26.2 Å². The van der Waals surface area contributed by atoms with Crippen LogP contribution in [0.1, 0.15) is 175 Å². The summed E-state index contributed by atoms with van der Waals surface area (Å²) in [7, 11) is 0. The minimum Gasteiger partial charge on any atom is -0.481 e. The normalized spacial score (nSPS) is 15.0. The van der Waals surface area contributed by atoms with E-state index in [1.807, 2.05) is 0 Å². The van der Waals surface area contributed by atoms with Crippen molar-refractivity contribution in [3.8, 4) is 0 Å². The van der Waals surface area contributed by atoms with Gasteiger partial charge in [0.1, 0.15) is 0 Å². The lowest BCUT2D eigenvalue weighted by atomic mass is 10.0. The topological polar surface area (TPSA) is 112 Å². The summed E-state index contributed by atoms with van der Waals surface area (Å²) in [6, 6.07) is 0. The molecule has 3 N–H and O–H groups in total. The molecule has 0 aliphatic heterocycles. The standard InChI is InChI=1S/C39H73NO6/c1-5-6-7-8-9-10-11-12-13-14-15-16-17-18-19-20-21-22-23-24-25-26-30-40(31-27-34(2)37(41)42,32-28-35(3)38(43)44)33-29-36(4)39(45)46/h21-22,34-36H,5-20,23-33H2,1-4H3,(H2-,41,42,43,44,45,46)/p+1/b22-21+. The van der Waals surface area contributed by atoms with Crippen LogP contribution in [0.2, 0.25) is 0 Å². The summed E-state index contributed by atoms with van der Waals surface area (Å²) in [6.45, 7) is 10.1. The molecule has 7 nitrogen and oxygen atoms in total. The highest BCUT2D eigenvalue weighted by molar-refractivity contribution is 5.70. The molecule has 0 aromatic rings. The van der Waals surface area contributed by atoms with E-state index in [0.29, 0.717) is 43.4 Å². The molecule has 0 aromatic carbocycles. The Morgan fingerprint density at radius 1 is 0.457 bits per heavy atom. The molecule has 3 unspecified atom stereocenters. The second kappa shape index (κ2) is 29.3. The van der Waals surface area contributed by atoms with Crippen LogP contribution in [0, 0.1) is 17.8 Å². The molecule has 0 bridgehead atoms. The van der Waals surface area contributed by atoms with Crippen LogP contribution in [0.4, 0.5) is 0 Å². The zero-order chi connectivity index (χ0) is 34.5. The minimum atomic E-state index is -0.827. The Morgan fingerprint density at radius 3 is 1.04 bits per heavy atom. The fraction of sp³-hybridized carbons (Fsp3) is 0.872. The first-order valence-corrected chi connectivity index (χ1v) is 19.2. The maximum Gasteiger partial charge on any atom is 0.306 e. The molecule has 0 saturated carbocycles. The summed E-state index contributed by atoms with van der Waals surface area (Å²) in [6.07, 6.45) is 32.3. The lowest BCUT2D eigenvalue weighted by Crippen LogP contribution is -2.52. The zero-order valence-corrected chi connectivity index (χ0v) is 30.5. The van der Waals surface area contributed by atoms with Gasteiger partial charge >= 0.3 is 17.9 Å². The van der Waals surface area contributed by atoms with Crippen LogP contribution in [0.25, 0.3) is 0 Å². The van der Waals surface area contributed by atoms with Gasteiger partial charge in [0.15, 0.2) is 0 Å². The summed E-state index contributed by atoms with van der Waals surface area (Å²) >= 11 is 0. The van der Waals surface area contributed by atoms with E-state index < -0.39 is 35.7 Å². The van der Waals surface area contributed by atoms with Crippen LogP contribution in [-0.2, 0) is 14.4 Å². The lowest BCUT2D eigenvalue weighted by molar-refractivity contribution is -0.929. The third kappa shape index (κ3) is 25.2. The monoisotopic (exact) mass is 653 g/mol. The molecule has 7 heteroatoms. The molecule has 270 valence electrons. The average molecular weight is 653 g/mol. The van der Waals surface area contributed by atoms with Crippen molar-refractivity contribution in [2.45, 2.75) is 175 Å². The Morgan fingerprint density at radius 2 is 0.739 bits per heavy atom. The predicted octanol–water partition coefficient (Wildman–Crippen LogP) is 10.5. The second-order valence-electron chi connectivity index (χ2n) is 14.4. The van der Waals surface area contributed by atoms with Crippen LogP contribution in [0.15, 0.2) is 12.2 Å². The number of nitrogens with zero attached hydrogens (tertiary/aromatic N) is 1. The molecule has 46 heavy (non-hydrogen) atoms. The summed E-state index contributed by atoms with van der Waals surface area (Å²) in [5.74, 6) is -3.94. The van der Waals surface area contributed by atoms with E-state index in [2.05, 4.69) is 19.1 Å². The molecule has 0 fully saturated rings. The molecular formula is C39H74NO6+. The maximum atomic E-state index is 11.5. The average Bonchev–Trinajstić information content (AvgIpc) is 3.03. The molecule has 0 aliphatic carbocycles. The van der Waals surface area contributed by atoms with Gasteiger partial charge in [-0.05, 0) is 38.5 Å². The van der Waals surface area contributed by atoms with Gasteiger partial charge in [-0.1, -0.05) is 130 Å². The van der Waals surface area contributed by atoms with Gasteiger partial charge in [0.05, 0.1) is 43.9 Å². The predicted molar refractivity (Wildman–Crippen MR) is 191 cm³/mol. The Balaban J connectivity index is 4.34. The number of carboxylic acids is 3. The van der Waals surface area contributed by atoms with E-state index in [1.54, 1.807) is 20.8 Å². The third-order valence-electron chi connectivity index (χ3n) is 10.0. The van der Waals surface area contributed by atoms with E-state index in [-0.39, 0.29) is 0 Å². The molecule has 0 spiro atoms. The molecule has 0 radical (unpaired) electrons. The third-order valence-corrected chi connectivity index (χ3v) is 10.0. The number of quaternary nitrogens is 1. The van der Waals surface area contributed by atoms with Crippen LogP contribution < -0.4 is 0 Å². The Hall–Kier alpha value is -1.89. The van der Waals surface area contributed by atoms with Crippen LogP contribution in [0.5, 0.6) is 0 Å². The van der Waals surface area contributed by atoms with Crippen LogP contribution in [-0.4, -0.2) is 63.9 Å². The van der Waals surface area contributed by atoms with Gasteiger partial charge < -0.3 is 19.8 Å². The van der Waals surface area contributed by atoms with Crippen molar-refractivity contribution in [3.63, 3.8) is 0 Å². The highest BCUT2D eigenvalue weighted by Gasteiger charge is 2.31. The lowest BCUT2D eigenvalue weighted by Gasteiger charge is -2.40. The molecule has 0 heterocycles. The van der Waals surface area contributed by atoms with Crippen molar-refractivity contribution in [2.24, 2.45) is 17.8 Å². The van der Waals surface area contributed by atoms with Gasteiger partial charge in [-0.25, -0.2) is 0 Å². The quantitative estimate of drug-likeness (QED) is 0.0362. The number of carboxylic acid groups (broad SMARTS) is 3. The molecule has 3 atom stereocenters. The highest BCUT2D eigenvalue weighted by atomic mass is 16.4. The summed E-state index contributed by atoms with van der Waals surface area (Å²) < 4.78 is 0.599. The van der Waals surface area contributed by atoms with Crippen molar-refractivity contribution in [1.82, 2.24) is 0 Å². The molecule has 0 aliphatic rings. The minimum absolute atomic E-state index is 0.485. The molecule has 0 saturated heterocycles. The number of allylic oxidation sites excluding steroid dienone is 2. The van der Waals surface area contributed by atoms with Gasteiger partial charge in [-0.2, -0.15) is 0 Å². The number of hydrogen-bond donors (Lipinski definition) is 3. The van der Waals surface area contributed by atoms with Gasteiger partial charge in [0, 0.05) is 19.3 Å². The van der Waals surface area contributed by atoms with Crippen LogP contribution in [0.3, 0.4) is 0 Å². The molecule has 0 amide bonds. The Kier molecular flexibility index (Phi) is 28.1. The van der Waals surface area contributed by atoms with Gasteiger partial charge in [0.25, 0.3) is 0 Å². The van der Waals surface area contributed by atoms with Crippen molar-refractivity contribution < 1.29 is 34.2 Å². The van der Waals surface area contributed by atoms with Gasteiger partial charge in [-0.3, -0.25) is 14.4 Å². The fourth-order valence-corrected chi connectivity index (χ4v) is 6.20. The van der Waals surface area contributed by atoms with Gasteiger partial charge in [-0.15, -0.1) is 0 Å². The summed E-state index contributed by atoms with van der Waals surface area (Å²) in [5, 5.41) is 28.4. The van der Waals surface area contributed by atoms with E-state index in [1.165, 1.54) is 96.3 Å². The summed E-state index contributed by atoms with van der Waals surface area (Å²) in [5.41, 5.74) is 0. The summed E-state index contributed by atoms with van der Waals surface area (Å²) in [4.78, 5) is 34.6. The largest absolute Gasteiger partial charge is 0.481 e. The number of unbranched alkanes of at least 4 members (excludes halogenated alkanes) is 18. The highest BCUT2D eigenvalue weighted by Crippen LogP contribution is 2.22. The second-order valence-corrected chi connectivity index (χ2v) is 14.4. The first kappa shape index (κ1) is 44.1. The molecule has 0 aromatic heterocycles. The smallest absolute Gasteiger partial charge is 0.306 e. The van der Waals surface area contributed by atoms with E-state index in [4.69, 9.17) is 0 Å². The van der Waals surface area contributed by atoms with Crippen molar-refractivity contribution in [3.05, 3.63) is 12.2 Å². The number of carbonyl (C=O) groups is 3. The molecular weight excluding hydrogens is 578 g/mol. The first-order chi connectivity index (χ1) is 22.0. The maximum absolute atomic E-state index is 11.5. The SMILES string of the molecule is CCCCCCCCCCCCCCCCC/C=C/CCCCC[N+](CCC(C)C(=O)O)(CCC(C)C(=O)O)CCC(C)C(=O)O. The molecule has 0 rings (SSSR count). The number of rotatable bonds is 34. The van der Waals surface area contributed by atoms with Gasteiger partial charge in [0.2, 0.25) is 0 Å². The van der Waals surface area contributed by atoms with Crippen molar-refractivity contribution in [1.29, 1.82) is 0 Å². The van der Waals surface area contributed by atoms with E-state index in [9.17, 15) is 29.7 Å². The number of aliphatic carboxylic acids is 3. The first-order valence-electron chi connectivity index (χ1n) is 19.2. The van der Waals surface area contributed by atoms with Crippen LogP contribution >= 0.6 is 0 Å². The van der Waals surface area contributed by atoms with Crippen molar-refractivity contribution >= 4 is 17.9 Å². The zero-order valence-electron chi connectivity index (χ0n) is 30.5. The van der Waals surface area contributed by atoms with E-state index >= 15 is 0 Å². The Bertz CT molecular complexity index is 738. The fourth-order valence-electron chi connectivity index (χ4n) is 6.20. The van der Waals surface area contributed by atoms with E-state index in [0.717, 1.165) is 38.6 Å².